The molecule has 0 aromatic heterocycles. The van der Waals surface area contributed by atoms with Gasteiger partial charge in [-0.25, -0.2) is 5.43 Å². The molecule has 2 N–H and O–H groups in total. The Balaban J connectivity index is 1.82. The molecule has 1 heterocycles. The molecular formula is C10H12N2O. The Bertz CT molecular complexity index is 284. The average molecular weight is 176 g/mol. The van der Waals surface area contributed by atoms with E-state index in [-0.39, 0.29) is 6.23 Å². The Kier molecular flexibility index (Phi) is 2.59. The predicted octanol–water partition coefficient (Wildman–Crippen LogP) is 1.15. The first-order valence-electron chi connectivity index (χ1n) is 4.28. The van der Waals surface area contributed by atoms with Gasteiger partial charge < -0.3 is 10.2 Å². The SMILES string of the molecule is C1=CC(OCc2ccccc2)NN1. The fourth-order valence-corrected chi connectivity index (χ4v) is 1.17. The van der Waals surface area contributed by atoms with Crippen LogP contribution in [-0.4, -0.2) is 6.23 Å². The first kappa shape index (κ1) is 8.29. The van der Waals surface area contributed by atoms with Crippen molar-refractivity contribution in [2.75, 3.05) is 0 Å². The first-order chi connectivity index (χ1) is 6.45. The van der Waals surface area contributed by atoms with Crippen molar-refractivity contribution in [3.05, 3.63) is 48.2 Å². The highest BCUT2D eigenvalue weighted by atomic mass is 16.5. The van der Waals surface area contributed by atoms with E-state index in [0.29, 0.717) is 6.61 Å². The quantitative estimate of drug-likeness (QED) is 0.724. The van der Waals surface area contributed by atoms with Crippen LogP contribution in [0.2, 0.25) is 0 Å². The second-order valence-corrected chi connectivity index (χ2v) is 2.86. The van der Waals surface area contributed by atoms with E-state index in [1.807, 2.05) is 42.6 Å². The second-order valence-electron chi connectivity index (χ2n) is 2.86. The van der Waals surface area contributed by atoms with Crippen LogP contribution in [0.15, 0.2) is 42.6 Å². The Morgan fingerprint density at radius 3 is 2.77 bits per heavy atom. The second kappa shape index (κ2) is 4.07. The van der Waals surface area contributed by atoms with Gasteiger partial charge in [0.1, 0.15) is 6.23 Å². The molecule has 1 aromatic carbocycles. The molecule has 1 aliphatic rings. The highest BCUT2D eigenvalue weighted by Crippen LogP contribution is 2.03. The summed E-state index contributed by atoms with van der Waals surface area (Å²) in [5, 5.41) is 0. The van der Waals surface area contributed by atoms with Crippen molar-refractivity contribution in [2.45, 2.75) is 12.8 Å². The third-order valence-corrected chi connectivity index (χ3v) is 1.85. The van der Waals surface area contributed by atoms with Gasteiger partial charge in [0.2, 0.25) is 0 Å². The van der Waals surface area contributed by atoms with E-state index in [2.05, 4.69) is 10.9 Å². The molecule has 0 saturated carbocycles. The number of hydrogen-bond acceptors (Lipinski definition) is 3. The zero-order chi connectivity index (χ0) is 8.93. The fraction of sp³-hybridized carbons (Fsp3) is 0.200. The van der Waals surface area contributed by atoms with E-state index in [9.17, 15) is 0 Å². The van der Waals surface area contributed by atoms with Gasteiger partial charge >= 0.3 is 0 Å². The van der Waals surface area contributed by atoms with Crippen LogP contribution < -0.4 is 10.9 Å². The summed E-state index contributed by atoms with van der Waals surface area (Å²) in [5.74, 6) is 0. The highest BCUT2D eigenvalue weighted by Gasteiger charge is 2.06. The zero-order valence-corrected chi connectivity index (χ0v) is 7.23. The Morgan fingerprint density at radius 2 is 2.08 bits per heavy atom. The molecule has 0 saturated heterocycles. The first-order valence-corrected chi connectivity index (χ1v) is 4.28. The van der Waals surface area contributed by atoms with Crippen LogP contribution in [-0.2, 0) is 11.3 Å². The Labute approximate surface area is 77.4 Å². The zero-order valence-electron chi connectivity index (χ0n) is 7.23. The molecule has 3 nitrogen and oxygen atoms in total. The topological polar surface area (TPSA) is 33.3 Å². The molecule has 1 unspecified atom stereocenters. The molecule has 1 aliphatic heterocycles. The third kappa shape index (κ3) is 2.31. The number of hydrazine groups is 1. The minimum Gasteiger partial charge on any atom is -0.353 e. The van der Waals surface area contributed by atoms with E-state index in [4.69, 9.17) is 4.74 Å². The monoisotopic (exact) mass is 176 g/mol. The molecule has 1 atom stereocenters. The number of hydrogen-bond donors (Lipinski definition) is 2. The summed E-state index contributed by atoms with van der Waals surface area (Å²) >= 11 is 0. The van der Waals surface area contributed by atoms with E-state index < -0.39 is 0 Å². The van der Waals surface area contributed by atoms with Crippen molar-refractivity contribution in [1.29, 1.82) is 0 Å². The molecule has 0 spiro atoms. The molecule has 0 bridgehead atoms. The lowest BCUT2D eigenvalue weighted by Crippen LogP contribution is -2.32. The molecule has 13 heavy (non-hydrogen) atoms. The van der Waals surface area contributed by atoms with Crippen LogP contribution in [0.3, 0.4) is 0 Å². The summed E-state index contributed by atoms with van der Waals surface area (Å²) in [6, 6.07) is 10.1. The van der Waals surface area contributed by atoms with Crippen molar-refractivity contribution in [3.8, 4) is 0 Å². The van der Waals surface area contributed by atoms with E-state index >= 15 is 0 Å². The molecule has 1 aromatic rings. The molecule has 3 heteroatoms. The lowest BCUT2D eigenvalue weighted by Gasteiger charge is -2.10. The van der Waals surface area contributed by atoms with Crippen molar-refractivity contribution in [3.63, 3.8) is 0 Å². The van der Waals surface area contributed by atoms with Gasteiger partial charge in [0.15, 0.2) is 0 Å². The van der Waals surface area contributed by atoms with Crippen LogP contribution in [0.5, 0.6) is 0 Å². The smallest absolute Gasteiger partial charge is 0.145 e. The summed E-state index contributed by atoms with van der Waals surface area (Å²) < 4.78 is 5.53. The van der Waals surface area contributed by atoms with Crippen LogP contribution in [0.4, 0.5) is 0 Å². The summed E-state index contributed by atoms with van der Waals surface area (Å²) in [6.07, 6.45) is 3.75. The highest BCUT2D eigenvalue weighted by molar-refractivity contribution is 5.13. The molecule has 0 aliphatic carbocycles. The maximum absolute atomic E-state index is 5.53. The molecule has 0 amide bonds. The maximum atomic E-state index is 5.53. The molecule has 0 fully saturated rings. The predicted molar refractivity (Wildman–Crippen MR) is 50.4 cm³/mol. The standard InChI is InChI=1S/C10H12N2O/c1-2-4-9(5-3-1)8-13-10-6-7-11-12-10/h1-7,10-12H,8H2. The van der Waals surface area contributed by atoms with Crippen LogP contribution in [0.25, 0.3) is 0 Å². The Hall–Kier alpha value is -1.32. The van der Waals surface area contributed by atoms with Gasteiger partial charge in [-0.3, -0.25) is 0 Å². The minimum atomic E-state index is -0.0137. The molecule has 68 valence electrons. The normalized spacial score (nSPS) is 20.2. The number of benzene rings is 1. The van der Waals surface area contributed by atoms with Gasteiger partial charge in [0.25, 0.3) is 0 Å². The summed E-state index contributed by atoms with van der Waals surface area (Å²) in [5.41, 5.74) is 6.98. The molecular weight excluding hydrogens is 164 g/mol. The van der Waals surface area contributed by atoms with Gasteiger partial charge in [-0.1, -0.05) is 30.3 Å². The van der Waals surface area contributed by atoms with Gasteiger partial charge in [0.05, 0.1) is 6.61 Å². The largest absolute Gasteiger partial charge is 0.353 e. The summed E-state index contributed by atoms with van der Waals surface area (Å²) in [7, 11) is 0. The van der Waals surface area contributed by atoms with Crippen LogP contribution in [0, 0.1) is 0 Å². The van der Waals surface area contributed by atoms with E-state index in [0.717, 1.165) is 0 Å². The maximum Gasteiger partial charge on any atom is 0.145 e. The number of nitrogens with one attached hydrogen (secondary N) is 2. The van der Waals surface area contributed by atoms with Gasteiger partial charge in [-0.05, 0) is 11.6 Å². The van der Waals surface area contributed by atoms with Crippen molar-refractivity contribution >= 4 is 0 Å². The average Bonchev–Trinajstić information content (AvgIpc) is 2.69. The molecule has 0 radical (unpaired) electrons. The molecule has 2 rings (SSSR count). The summed E-state index contributed by atoms with van der Waals surface area (Å²) in [6.45, 7) is 0.629. The van der Waals surface area contributed by atoms with Gasteiger partial charge in [-0.15, -0.1) is 0 Å². The van der Waals surface area contributed by atoms with Crippen molar-refractivity contribution in [2.24, 2.45) is 0 Å². The lowest BCUT2D eigenvalue weighted by molar-refractivity contribution is 0.0508. The Morgan fingerprint density at radius 1 is 1.23 bits per heavy atom. The van der Waals surface area contributed by atoms with E-state index in [1.54, 1.807) is 0 Å². The van der Waals surface area contributed by atoms with Crippen molar-refractivity contribution < 1.29 is 4.74 Å². The van der Waals surface area contributed by atoms with E-state index in [1.165, 1.54) is 5.56 Å². The van der Waals surface area contributed by atoms with Crippen LogP contribution >= 0.6 is 0 Å². The van der Waals surface area contributed by atoms with Gasteiger partial charge in [0, 0.05) is 6.20 Å². The van der Waals surface area contributed by atoms with Crippen molar-refractivity contribution in [1.82, 2.24) is 10.9 Å². The fourth-order valence-electron chi connectivity index (χ4n) is 1.17. The van der Waals surface area contributed by atoms with Gasteiger partial charge in [-0.2, -0.15) is 0 Å². The van der Waals surface area contributed by atoms with Crippen LogP contribution in [0.1, 0.15) is 5.56 Å². The lowest BCUT2D eigenvalue weighted by atomic mass is 10.2. The number of ether oxygens (including phenoxy) is 1. The minimum absolute atomic E-state index is 0.0137. The number of rotatable bonds is 3. The third-order valence-electron chi connectivity index (χ3n) is 1.85. The summed E-state index contributed by atoms with van der Waals surface area (Å²) in [4.78, 5) is 0.